The molecule has 0 radical (unpaired) electrons. The maximum Gasteiger partial charge on any atom is 0.193 e. The van der Waals surface area contributed by atoms with Gasteiger partial charge in [0.2, 0.25) is 0 Å². The first-order valence-corrected chi connectivity index (χ1v) is 8.29. The van der Waals surface area contributed by atoms with Crippen molar-refractivity contribution in [2.24, 2.45) is 12.0 Å². The van der Waals surface area contributed by atoms with Crippen molar-refractivity contribution < 1.29 is 4.74 Å². The van der Waals surface area contributed by atoms with E-state index < -0.39 is 0 Å². The molecule has 1 aliphatic heterocycles. The Hall–Kier alpha value is -1.53. The zero-order valence-electron chi connectivity index (χ0n) is 15.2. The molecule has 1 N–H and O–H groups in total. The Morgan fingerprint density at radius 2 is 2.26 bits per heavy atom. The van der Waals surface area contributed by atoms with Crippen molar-refractivity contribution in [3.05, 3.63) is 24.0 Å². The third-order valence-corrected chi connectivity index (χ3v) is 4.24. The Morgan fingerprint density at radius 3 is 2.87 bits per heavy atom. The number of hydrogen-bond donors (Lipinski definition) is 1. The smallest absolute Gasteiger partial charge is 0.193 e. The third kappa shape index (κ3) is 5.25. The fourth-order valence-electron chi connectivity index (χ4n) is 2.99. The van der Waals surface area contributed by atoms with Gasteiger partial charge in [-0.15, -0.1) is 0 Å². The van der Waals surface area contributed by atoms with Crippen LogP contribution in [-0.2, 0) is 18.3 Å². The lowest BCUT2D eigenvalue weighted by molar-refractivity contribution is -0.0852. The molecule has 0 unspecified atom stereocenters. The third-order valence-electron chi connectivity index (χ3n) is 4.24. The van der Waals surface area contributed by atoms with Gasteiger partial charge in [-0.2, -0.15) is 0 Å². The molecule has 1 fully saturated rings. The summed E-state index contributed by atoms with van der Waals surface area (Å²) >= 11 is 0. The molecule has 0 saturated carbocycles. The Kier molecular flexibility index (Phi) is 6.07. The second-order valence-electron chi connectivity index (χ2n) is 6.82. The fourth-order valence-corrected chi connectivity index (χ4v) is 2.99. The molecule has 1 saturated heterocycles. The van der Waals surface area contributed by atoms with Gasteiger partial charge in [0.1, 0.15) is 0 Å². The first-order valence-electron chi connectivity index (χ1n) is 8.29. The summed E-state index contributed by atoms with van der Waals surface area (Å²) in [6, 6.07) is 4.21. The number of ether oxygens (including phenoxy) is 1. The van der Waals surface area contributed by atoms with E-state index in [1.54, 1.807) is 0 Å². The normalized spacial score (nSPS) is 18.9. The predicted molar refractivity (Wildman–Crippen MR) is 94.7 cm³/mol. The standard InChI is InChI=1S/C17H31N5O/c1-17(2)14-22(11-12-23-17)10-8-19-16(18-3)21(5)13-15-7-6-9-20(15)4/h6-7,9H,8,10-14H2,1-5H3,(H,18,19). The number of nitrogens with zero attached hydrogens (tertiary/aromatic N) is 4. The highest BCUT2D eigenvalue weighted by molar-refractivity contribution is 5.79. The molecule has 2 heterocycles. The van der Waals surface area contributed by atoms with Crippen LogP contribution in [0.2, 0.25) is 0 Å². The zero-order valence-corrected chi connectivity index (χ0v) is 15.2. The molecule has 23 heavy (non-hydrogen) atoms. The number of aromatic nitrogens is 1. The quantitative estimate of drug-likeness (QED) is 0.653. The average molecular weight is 321 g/mol. The maximum absolute atomic E-state index is 5.76. The number of hydrogen-bond acceptors (Lipinski definition) is 3. The molecular weight excluding hydrogens is 290 g/mol. The largest absolute Gasteiger partial charge is 0.373 e. The predicted octanol–water partition coefficient (Wildman–Crippen LogP) is 1.14. The molecule has 0 aliphatic carbocycles. The van der Waals surface area contributed by atoms with E-state index in [4.69, 9.17) is 4.74 Å². The summed E-state index contributed by atoms with van der Waals surface area (Å²) < 4.78 is 7.89. The Bertz CT molecular complexity index is 523. The molecule has 130 valence electrons. The van der Waals surface area contributed by atoms with Crippen LogP contribution in [0.4, 0.5) is 0 Å². The molecule has 0 atom stereocenters. The van der Waals surface area contributed by atoms with Gasteiger partial charge in [-0.05, 0) is 26.0 Å². The highest BCUT2D eigenvalue weighted by Gasteiger charge is 2.26. The van der Waals surface area contributed by atoms with Crippen molar-refractivity contribution >= 4 is 5.96 Å². The molecule has 6 heteroatoms. The minimum absolute atomic E-state index is 0.0384. The maximum atomic E-state index is 5.76. The number of morpholine rings is 1. The van der Waals surface area contributed by atoms with Crippen LogP contribution in [-0.4, -0.2) is 72.8 Å². The number of guanidine groups is 1. The fraction of sp³-hybridized carbons (Fsp3) is 0.706. The summed E-state index contributed by atoms with van der Waals surface area (Å²) in [6.07, 6.45) is 2.07. The van der Waals surface area contributed by atoms with Crippen molar-refractivity contribution in [1.82, 2.24) is 19.7 Å². The van der Waals surface area contributed by atoms with Crippen LogP contribution in [0, 0.1) is 0 Å². The molecule has 6 nitrogen and oxygen atoms in total. The van der Waals surface area contributed by atoms with E-state index in [-0.39, 0.29) is 5.60 Å². The molecular formula is C17H31N5O. The van der Waals surface area contributed by atoms with Gasteiger partial charge < -0.3 is 19.5 Å². The van der Waals surface area contributed by atoms with Crippen molar-refractivity contribution in [3.8, 4) is 0 Å². The van der Waals surface area contributed by atoms with Crippen molar-refractivity contribution in [2.75, 3.05) is 46.9 Å². The highest BCUT2D eigenvalue weighted by atomic mass is 16.5. The number of aliphatic imine (C=N–C) groups is 1. The summed E-state index contributed by atoms with van der Waals surface area (Å²) in [5.74, 6) is 0.929. The van der Waals surface area contributed by atoms with Crippen LogP contribution in [0.3, 0.4) is 0 Å². The minimum Gasteiger partial charge on any atom is -0.373 e. The van der Waals surface area contributed by atoms with Crippen LogP contribution in [0.1, 0.15) is 19.5 Å². The highest BCUT2D eigenvalue weighted by Crippen LogP contribution is 2.15. The molecule has 0 amide bonds. The van der Waals surface area contributed by atoms with Crippen LogP contribution in [0.5, 0.6) is 0 Å². The van der Waals surface area contributed by atoms with Gasteiger partial charge in [-0.25, -0.2) is 0 Å². The first-order chi connectivity index (χ1) is 10.9. The summed E-state index contributed by atoms with van der Waals surface area (Å²) in [6.45, 7) is 9.83. The molecule has 1 aromatic rings. The van der Waals surface area contributed by atoms with Crippen LogP contribution >= 0.6 is 0 Å². The van der Waals surface area contributed by atoms with Crippen LogP contribution in [0.15, 0.2) is 23.3 Å². The van der Waals surface area contributed by atoms with Crippen LogP contribution in [0.25, 0.3) is 0 Å². The average Bonchev–Trinajstić information content (AvgIpc) is 2.88. The molecule has 0 aromatic carbocycles. The molecule has 0 bridgehead atoms. The summed E-state index contributed by atoms with van der Waals surface area (Å²) in [5.41, 5.74) is 1.23. The summed E-state index contributed by atoms with van der Waals surface area (Å²) in [5, 5.41) is 3.46. The number of aryl methyl sites for hydroxylation is 1. The minimum atomic E-state index is -0.0384. The van der Waals surface area contributed by atoms with E-state index >= 15 is 0 Å². The Morgan fingerprint density at radius 1 is 1.48 bits per heavy atom. The monoisotopic (exact) mass is 321 g/mol. The summed E-state index contributed by atoms with van der Waals surface area (Å²) in [7, 11) is 5.97. The molecule has 2 rings (SSSR count). The van der Waals surface area contributed by atoms with Gasteiger partial charge in [-0.1, -0.05) is 0 Å². The van der Waals surface area contributed by atoms with Gasteiger partial charge in [0.15, 0.2) is 5.96 Å². The second-order valence-corrected chi connectivity index (χ2v) is 6.82. The first kappa shape index (κ1) is 17.8. The van der Waals surface area contributed by atoms with E-state index in [9.17, 15) is 0 Å². The van der Waals surface area contributed by atoms with E-state index in [1.807, 2.05) is 7.05 Å². The van der Waals surface area contributed by atoms with Crippen molar-refractivity contribution in [3.63, 3.8) is 0 Å². The Balaban J connectivity index is 1.77. The SMILES string of the molecule is CN=C(NCCN1CCOC(C)(C)C1)N(C)Cc1cccn1C. The van der Waals surface area contributed by atoms with Gasteiger partial charge in [0.25, 0.3) is 0 Å². The molecule has 0 spiro atoms. The van der Waals surface area contributed by atoms with Crippen molar-refractivity contribution in [1.29, 1.82) is 0 Å². The second kappa shape index (κ2) is 7.84. The van der Waals surface area contributed by atoms with Crippen LogP contribution < -0.4 is 5.32 Å². The topological polar surface area (TPSA) is 45.0 Å². The molecule has 1 aromatic heterocycles. The van der Waals surface area contributed by atoms with E-state index in [1.165, 1.54) is 5.69 Å². The van der Waals surface area contributed by atoms with E-state index in [0.29, 0.717) is 0 Å². The number of nitrogens with one attached hydrogen (secondary N) is 1. The van der Waals surface area contributed by atoms with E-state index in [2.05, 4.69) is 70.9 Å². The van der Waals surface area contributed by atoms with E-state index in [0.717, 1.165) is 45.3 Å². The Labute approximate surface area is 140 Å². The van der Waals surface area contributed by atoms with Gasteiger partial charge in [-0.3, -0.25) is 9.89 Å². The lowest BCUT2D eigenvalue weighted by Gasteiger charge is -2.38. The zero-order chi connectivity index (χ0) is 16.9. The molecule has 1 aliphatic rings. The lowest BCUT2D eigenvalue weighted by atomic mass is 10.1. The summed E-state index contributed by atoms with van der Waals surface area (Å²) in [4.78, 5) is 8.99. The van der Waals surface area contributed by atoms with Gasteiger partial charge in [0, 0.05) is 59.2 Å². The van der Waals surface area contributed by atoms with Gasteiger partial charge in [0.05, 0.1) is 18.8 Å². The van der Waals surface area contributed by atoms with Crippen molar-refractivity contribution in [2.45, 2.75) is 26.0 Å². The lowest BCUT2D eigenvalue weighted by Crippen LogP contribution is -2.50. The number of rotatable bonds is 5. The van der Waals surface area contributed by atoms with Gasteiger partial charge >= 0.3 is 0 Å².